The zero-order chi connectivity index (χ0) is 16.8. The minimum absolute atomic E-state index is 0.0110. The number of carbonyl (C=O) groups excluding carboxylic acids is 2. The second-order valence-electron chi connectivity index (χ2n) is 5.51. The van der Waals surface area contributed by atoms with Gasteiger partial charge in [-0.1, -0.05) is 36.4 Å². The van der Waals surface area contributed by atoms with E-state index in [4.69, 9.17) is 0 Å². The highest BCUT2D eigenvalue weighted by Gasteiger charge is 2.14. The summed E-state index contributed by atoms with van der Waals surface area (Å²) in [6.07, 6.45) is 0. The zero-order valence-corrected chi connectivity index (χ0v) is 14.4. The number of amides is 1. The van der Waals surface area contributed by atoms with Crippen LogP contribution in [-0.4, -0.2) is 16.9 Å². The van der Waals surface area contributed by atoms with Crippen LogP contribution < -0.4 is 5.32 Å². The minimum Gasteiger partial charge on any atom is -0.325 e. The molecular weight excluding hydrogens is 306 g/mol. The second kappa shape index (κ2) is 7.97. The van der Waals surface area contributed by atoms with Crippen LogP contribution in [0.1, 0.15) is 35.3 Å². The number of benzene rings is 2. The molecule has 0 saturated carbocycles. The number of Topliss-reactive ketones (excluding diaryl/α,β-unsaturated/α-hetero) is 1. The number of hydrogen-bond donors (Lipinski definition) is 1. The molecule has 0 bridgehead atoms. The molecule has 0 saturated heterocycles. The Bertz CT molecular complexity index is 712. The van der Waals surface area contributed by atoms with Crippen molar-refractivity contribution >= 4 is 29.1 Å². The van der Waals surface area contributed by atoms with E-state index in [1.807, 2.05) is 19.1 Å². The summed E-state index contributed by atoms with van der Waals surface area (Å²) in [5.74, 6) is 0.738. The lowest BCUT2D eigenvalue weighted by Gasteiger charge is -2.13. The lowest BCUT2D eigenvalue weighted by Crippen LogP contribution is -2.22. The Hall–Kier alpha value is -2.07. The van der Waals surface area contributed by atoms with Crippen LogP contribution in [0.5, 0.6) is 0 Å². The normalized spacial score (nSPS) is 11.8. The molecule has 3 nitrogen and oxygen atoms in total. The Kier molecular flexibility index (Phi) is 5.99. The van der Waals surface area contributed by atoms with Crippen LogP contribution in [0.2, 0.25) is 0 Å². The average molecular weight is 327 g/mol. The molecule has 0 aliphatic carbocycles. The number of ketones is 1. The molecule has 2 aromatic rings. The first kappa shape index (κ1) is 17.3. The average Bonchev–Trinajstić information content (AvgIpc) is 2.54. The lowest BCUT2D eigenvalue weighted by atomic mass is 10.1. The van der Waals surface area contributed by atoms with Crippen molar-refractivity contribution in [2.45, 2.75) is 31.8 Å². The van der Waals surface area contributed by atoms with Crippen molar-refractivity contribution in [1.82, 2.24) is 0 Å². The van der Waals surface area contributed by atoms with Crippen LogP contribution in [0.3, 0.4) is 0 Å². The third-order valence-corrected chi connectivity index (χ3v) is 4.85. The van der Waals surface area contributed by atoms with Gasteiger partial charge < -0.3 is 5.32 Å². The summed E-state index contributed by atoms with van der Waals surface area (Å²) in [6.45, 7) is 5.49. The molecule has 0 radical (unpaired) electrons. The van der Waals surface area contributed by atoms with Crippen molar-refractivity contribution in [2.75, 3.05) is 5.32 Å². The second-order valence-corrected chi connectivity index (χ2v) is 6.84. The molecule has 0 unspecified atom stereocenters. The molecule has 0 spiro atoms. The van der Waals surface area contributed by atoms with Crippen molar-refractivity contribution in [3.63, 3.8) is 0 Å². The molecule has 1 atom stereocenters. The van der Waals surface area contributed by atoms with Gasteiger partial charge in [-0.15, -0.1) is 11.8 Å². The molecule has 2 aromatic carbocycles. The Morgan fingerprint density at radius 1 is 1.13 bits per heavy atom. The van der Waals surface area contributed by atoms with E-state index in [0.717, 1.165) is 5.75 Å². The van der Waals surface area contributed by atoms with E-state index in [0.29, 0.717) is 11.3 Å². The first-order chi connectivity index (χ1) is 11.0. The molecule has 0 aliphatic heterocycles. The third kappa shape index (κ3) is 4.96. The molecule has 0 fully saturated rings. The molecule has 0 aliphatic rings. The number of hydrogen-bond acceptors (Lipinski definition) is 3. The molecule has 1 N–H and O–H groups in total. The minimum atomic E-state index is -0.171. The molecule has 1 amide bonds. The number of thioether (sulfide) groups is 1. The molecule has 0 aromatic heterocycles. The van der Waals surface area contributed by atoms with Crippen LogP contribution >= 0.6 is 11.8 Å². The summed E-state index contributed by atoms with van der Waals surface area (Å²) >= 11 is 1.60. The molecular formula is C19H21NO2S. The number of carbonyl (C=O) groups is 2. The van der Waals surface area contributed by atoms with Gasteiger partial charge in [0.25, 0.3) is 0 Å². The van der Waals surface area contributed by atoms with Gasteiger partial charge in [0.05, 0.1) is 5.25 Å². The maximum absolute atomic E-state index is 12.3. The fraction of sp³-hybridized carbons (Fsp3) is 0.263. The maximum Gasteiger partial charge on any atom is 0.237 e. The first-order valence-corrected chi connectivity index (χ1v) is 8.60. The number of anilines is 1. The van der Waals surface area contributed by atoms with Crippen molar-refractivity contribution < 1.29 is 9.59 Å². The molecule has 0 heterocycles. The summed E-state index contributed by atoms with van der Waals surface area (Å²) < 4.78 is 0. The van der Waals surface area contributed by atoms with Crippen LogP contribution in [0, 0.1) is 6.92 Å². The van der Waals surface area contributed by atoms with Crippen LogP contribution in [0.15, 0.2) is 48.5 Å². The van der Waals surface area contributed by atoms with Gasteiger partial charge >= 0.3 is 0 Å². The van der Waals surface area contributed by atoms with Gasteiger partial charge in [-0.2, -0.15) is 0 Å². The van der Waals surface area contributed by atoms with Crippen molar-refractivity contribution in [1.29, 1.82) is 0 Å². The van der Waals surface area contributed by atoms with Crippen LogP contribution in [-0.2, 0) is 10.5 Å². The highest BCUT2D eigenvalue weighted by molar-refractivity contribution is 7.99. The largest absolute Gasteiger partial charge is 0.325 e. The Morgan fingerprint density at radius 2 is 1.87 bits per heavy atom. The van der Waals surface area contributed by atoms with E-state index >= 15 is 0 Å². The number of rotatable bonds is 6. The van der Waals surface area contributed by atoms with Crippen molar-refractivity contribution in [3.05, 3.63) is 65.2 Å². The quantitative estimate of drug-likeness (QED) is 0.797. The fourth-order valence-electron chi connectivity index (χ4n) is 2.12. The zero-order valence-electron chi connectivity index (χ0n) is 13.6. The first-order valence-electron chi connectivity index (χ1n) is 7.55. The van der Waals surface area contributed by atoms with E-state index in [2.05, 4.69) is 24.4 Å². The van der Waals surface area contributed by atoms with Crippen molar-refractivity contribution in [2.24, 2.45) is 0 Å². The van der Waals surface area contributed by atoms with Crippen molar-refractivity contribution in [3.8, 4) is 0 Å². The maximum atomic E-state index is 12.3. The number of nitrogens with one attached hydrogen (secondary N) is 1. The lowest BCUT2D eigenvalue weighted by molar-refractivity contribution is -0.115. The highest BCUT2D eigenvalue weighted by atomic mass is 32.2. The van der Waals surface area contributed by atoms with Crippen LogP contribution in [0.25, 0.3) is 0 Å². The van der Waals surface area contributed by atoms with Crippen LogP contribution in [0.4, 0.5) is 5.69 Å². The molecule has 23 heavy (non-hydrogen) atoms. The summed E-state index contributed by atoms with van der Waals surface area (Å²) in [6, 6.07) is 15.2. The summed E-state index contributed by atoms with van der Waals surface area (Å²) in [5, 5.41) is 2.71. The highest BCUT2D eigenvalue weighted by Crippen LogP contribution is 2.21. The van der Waals surface area contributed by atoms with Gasteiger partial charge in [0, 0.05) is 17.0 Å². The Morgan fingerprint density at radius 3 is 2.57 bits per heavy atom. The monoisotopic (exact) mass is 327 g/mol. The van der Waals surface area contributed by atoms with E-state index in [1.165, 1.54) is 18.1 Å². The van der Waals surface area contributed by atoms with Gasteiger partial charge in [-0.25, -0.2) is 0 Å². The van der Waals surface area contributed by atoms with Gasteiger partial charge in [0.15, 0.2) is 5.78 Å². The summed E-state index contributed by atoms with van der Waals surface area (Å²) in [4.78, 5) is 23.7. The molecule has 4 heteroatoms. The number of aryl methyl sites for hydroxylation is 1. The van der Waals surface area contributed by atoms with Gasteiger partial charge in [0.2, 0.25) is 5.91 Å². The predicted molar refractivity (Wildman–Crippen MR) is 97.0 cm³/mol. The molecule has 120 valence electrons. The van der Waals surface area contributed by atoms with Gasteiger partial charge in [-0.05, 0) is 44.0 Å². The van der Waals surface area contributed by atoms with E-state index in [-0.39, 0.29) is 16.9 Å². The summed E-state index contributed by atoms with van der Waals surface area (Å²) in [5.41, 5.74) is 3.74. The van der Waals surface area contributed by atoms with Gasteiger partial charge in [0.1, 0.15) is 0 Å². The predicted octanol–water partition coefficient (Wildman–Crippen LogP) is 4.46. The fourth-order valence-corrected chi connectivity index (χ4v) is 3.09. The smallest absolute Gasteiger partial charge is 0.237 e. The van der Waals surface area contributed by atoms with Gasteiger partial charge in [-0.3, -0.25) is 9.59 Å². The summed E-state index contributed by atoms with van der Waals surface area (Å²) in [7, 11) is 0. The third-order valence-electron chi connectivity index (χ3n) is 3.66. The Balaban J connectivity index is 1.94. The Labute approximate surface area is 141 Å². The SMILES string of the molecule is CC(=O)c1cccc(NC(=O)[C@H](C)SCc2ccccc2C)c1. The van der Waals surface area contributed by atoms with E-state index in [9.17, 15) is 9.59 Å². The van der Waals surface area contributed by atoms with E-state index < -0.39 is 0 Å². The topological polar surface area (TPSA) is 46.2 Å². The van der Waals surface area contributed by atoms with E-state index in [1.54, 1.807) is 36.0 Å². The molecule has 2 rings (SSSR count). The standard InChI is InChI=1S/C19H21NO2S/c1-13-7-4-5-8-17(13)12-23-15(3)19(22)20-18-10-6-9-16(11-18)14(2)21/h4-11,15H,12H2,1-3H3,(H,20,22)/t15-/m0/s1.